The molecule has 1 aliphatic heterocycles. The third-order valence-corrected chi connectivity index (χ3v) is 4.49. The number of ether oxygens (including phenoxy) is 1. The number of amides is 1. The van der Waals surface area contributed by atoms with Gasteiger partial charge in [-0.05, 0) is 25.1 Å². The lowest BCUT2D eigenvalue weighted by Crippen LogP contribution is -2.45. The summed E-state index contributed by atoms with van der Waals surface area (Å²) in [5.41, 5.74) is 1.71. The Balaban J connectivity index is 0.00000122. The van der Waals surface area contributed by atoms with E-state index in [0.717, 1.165) is 37.5 Å². The number of nitrogens with two attached hydrogens (primary N) is 1. The molecule has 1 aliphatic rings. The normalized spacial score (nSPS) is 19.5. The Morgan fingerprint density at radius 2 is 1.97 bits per heavy atom. The van der Waals surface area contributed by atoms with Gasteiger partial charge in [-0.2, -0.15) is 0 Å². The molecule has 14 heteroatoms. The van der Waals surface area contributed by atoms with Crippen LogP contribution in [0.25, 0.3) is 0 Å². The minimum atomic E-state index is -3.60. The lowest BCUT2D eigenvalue weighted by molar-refractivity contribution is -0.122. The van der Waals surface area contributed by atoms with E-state index in [4.69, 9.17) is 20.4 Å². The van der Waals surface area contributed by atoms with E-state index in [1.54, 1.807) is 0 Å². The van der Waals surface area contributed by atoms with Gasteiger partial charge in [0.25, 0.3) is 24.7 Å². The number of halogens is 5. The summed E-state index contributed by atoms with van der Waals surface area (Å²) in [5.74, 6) is -5.69. The summed E-state index contributed by atoms with van der Waals surface area (Å²) in [6.07, 6.45) is -1.28. The van der Waals surface area contributed by atoms with E-state index < -0.39 is 47.5 Å². The molecule has 1 aromatic heterocycles. The number of alkyl halides is 4. The molecule has 0 radical (unpaired) electrons. The first-order valence-electron chi connectivity index (χ1n) is 9.04. The van der Waals surface area contributed by atoms with Gasteiger partial charge < -0.3 is 20.9 Å². The molecule has 2 heterocycles. The van der Waals surface area contributed by atoms with Crippen LogP contribution in [0.15, 0.2) is 35.6 Å². The number of nitrogens with one attached hydrogen (secondary N) is 1. The number of carbonyl (C=O) groups is 2. The number of rotatable bonds is 4. The monoisotopic (exact) mass is 475 g/mol. The second-order valence-electron chi connectivity index (χ2n) is 6.75. The number of nitrogens with zero attached hydrogens (tertiary/aromatic N) is 3. The number of aliphatic imine (C=N–C) groups is 1. The molecule has 1 aromatic carbocycles. The summed E-state index contributed by atoms with van der Waals surface area (Å²) in [4.78, 5) is 31.4. The Morgan fingerprint density at radius 3 is 2.55 bits per heavy atom. The smallest absolute Gasteiger partial charge is 0.299 e. The summed E-state index contributed by atoms with van der Waals surface area (Å²) in [5, 5.41) is 9.22. The fraction of sp³-hybridized carbons (Fsp3) is 0.316. The average molecular weight is 475 g/mol. The van der Waals surface area contributed by atoms with Crippen molar-refractivity contribution in [2.75, 3.05) is 18.5 Å². The zero-order valence-electron chi connectivity index (χ0n) is 16.9. The number of benzene rings is 1. The highest BCUT2D eigenvalue weighted by molar-refractivity contribution is 6.02. The van der Waals surface area contributed by atoms with E-state index >= 15 is 0 Å². The van der Waals surface area contributed by atoms with Gasteiger partial charge in [0.2, 0.25) is 0 Å². The van der Waals surface area contributed by atoms with Crippen molar-refractivity contribution in [3.8, 4) is 0 Å². The fourth-order valence-electron chi connectivity index (χ4n) is 2.82. The van der Waals surface area contributed by atoms with E-state index in [1.807, 2.05) is 0 Å². The molecular weight excluding hydrogens is 457 g/mol. The quantitative estimate of drug-likeness (QED) is 0.456. The zero-order valence-corrected chi connectivity index (χ0v) is 16.9. The fourth-order valence-corrected chi connectivity index (χ4v) is 2.82. The van der Waals surface area contributed by atoms with Gasteiger partial charge in [0.1, 0.15) is 36.3 Å². The first-order chi connectivity index (χ1) is 15.4. The molecular formula is C19H18F5N5O4. The van der Waals surface area contributed by atoms with Crippen LogP contribution in [0.2, 0.25) is 0 Å². The van der Waals surface area contributed by atoms with Gasteiger partial charge in [-0.15, -0.1) is 0 Å². The van der Waals surface area contributed by atoms with Crippen LogP contribution in [0, 0.1) is 5.82 Å². The van der Waals surface area contributed by atoms with E-state index in [2.05, 4.69) is 20.3 Å². The van der Waals surface area contributed by atoms with E-state index in [9.17, 15) is 26.7 Å². The van der Waals surface area contributed by atoms with Crippen molar-refractivity contribution in [3.63, 3.8) is 0 Å². The van der Waals surface area contributed by atoms with Crippen molar-refractivity contribution in [1.82, 2.24) is 9.97 Å². The third-order valence-electron chi connectivity index (χ3n) is 4.49. The molecule has 3 rings (SSSR count). The number of anilines is 1. The lowest BCUT2D eigenvalue weighted by Gasteiger charge is -2.33. The Hall–Kier alpha value is -3.68. The molecule has 0 bridgehead atoms. The molecule has 0 saturated heterocycles. The van der Waals surface area contributed by atoms with Crippen molar-refractivity contribution < 1.29 is 41.4 Å². The van der Waals surface area contributed by atoms with Gasteiger partial charge in [-0.3, -0.25) is 19.6 Å². The molecule has 1 unspecified atom stereocenters. The maximum absolute atomic E-state index is 14.7. The molecule has 0 aliphatic carbocycles. The molecule has 0 spiro atoms. The number of carbonyl (C=O) groups excluding carboxylic acids is 1. The second-order valence-corrected chi connectivity index (χ2v) is 6.75. The van der Waals surface area contributed by atoms with Crippen LogP contribution in [0.3, 0.4) is 0 Å². The molecule has 2 aromatic rings. The van der Waals surface area contributed by atoms with Gasteiger partial charge in [0.05, 0.1) is 12.4 Å². The van der Waals surface area contributed by atoms with Crippen molar-refractivity contribution in [1.29, 1.82) is 0 Å². The van der Waals surface area contributed by atoms with E-state index in [1.165, 1.54) is 0 Å². The maximum Gasteiger partial charge on any atom is 0.299 e. The van der Waals surface area contributed by atoms with Crippen molar-refractivity contribution >= 4 is 23.9 Å². The summed E-state index contributed by atoms with van der Waals surface area (Å²) in [6, 6.07) is 3.01. The van der Waals surface area contributed by atoms with Gasteiger partial charge in [-0.1, -0.05) is 0 Å². The first kappa shape index (κ1) is 25.6. The maximum atomic E-state index is 14.7. The van der Waals surface area contributed by atoms with Gasteiger partial charge >= 0.3 is 0 Å². The molecule has 0 saturated carbocycles. The molecule has 1 amide bonds. The summed E-state index contributed by atoms with van der Waals surface area (Å²) in [7, 11) is 0. The van der Waals surface area contributed by atoms with Crippen LogP contribution in [0.1, 0.15) is 35.1 Å². The highest BCUT2D eigenvalue weighted by Gasteiger charge is 2.54. The van der Waals surface area contributed by atoms with E-state index in [0.29, 0.717) is 0 Å². The molecule has 178 valence electrons. The largest absolute Gasteiger partial charge is 0.483 e. The minimum Gasteiger partial charge on any atom is -0.483 e. The highest BCUT2D eigenvalue weighted by Crippen LogP contribution is 2.44. The number of hydrogen-bond donors (Lipinski definition) is 3. The lowest BCUT2D eigenvalue weighted by atomic mass is 9.85. The Bertz CT molecular complexity index is 1040. The number of amidine groups is 1. The van der Waals surface area contributed by atoms with Crippen molar-refractivity contribution in [2.24, 2.45) is 10.7 Å². The third kappa shape index (κ3) is 5.77. The van der Waals surface area contributed by atoms with Gasteiger partial charge in [0, 0.05) is 11.3 Å². The van der Waals surface area contributed by atoms with Crippen LogP contribution >= 0.6 is 0 Å². The standard InChI is InChI=1S/C18H16F5N5O2.CH2O2/c1-17(18(22,23)8-30-7-14(24)28-17)10-4-9(2-3-11(10)19)27-16(29)13-6-25-12(5-26-13)15(20)21;2-1-3/h2-6,15H,7-8H2,1H3,(H2,24,28)(H,27,29);1H,(H,2,3). The Kier molecular flexibility index (Phi) is 7.98. The average Bonchev–Trinajstić information content (AvgIpc) is 2.85. The topological polar surface area (TPSA) is 140 Å². The first-order valence-corrected chi connectivity index (χ1v) is 9.04. The second kappa shape index (κ2) is 10.3. The molecule has 4 N–H and O–H groups in total. The predicted octanol–water partition coefficient (Wildman–Crippen LogP) is 2.74. The summed E-state index contributed by atoms with van der Waals surface area (Å²) >= 11 is 0. The summed E-state index contributed by atoms with van der Waals surface area (Å²) < 4.78 is 73.7. The van der Waals surface area contributed by atoms with Crippen LogP contribution in [0.4, 0.5) is 27.6 Å². The number of carboxylic acid groups (broad SMARTS) is 1. The predicted molar refractivity (Wildman–Crippen MR) is 105 cm³/mol. The summed E-state index contributed by atoms with van der Waals surface area (Å²) in [6.45, 7) is -0.612. The number of aromatic nitrogens is 2. The highest BCUT2D eigenvalue weighted by atomic mass is 19.3. The van der Waals surface area contributed by atoms with Crippen LogP contribution in [0.5, 0.6) is 0 Å². The van der Waals surface area contributed by atoms with Gasteiger partial charge in [-0.25, -0.2) is 26.9 Å². The molecule has 0 fully saturated rings. The van der Waals surface area contributed by atoms with Crippen LogP contribution in [-0.4, -0.2) is 52.4 Å². The van der Waals surface area contributed by atoms with Crippen LogP contribution in [-0.2, 0) is 15.1 Å². The zero-order chi connectivity index (χ0) is 24.8. The molecule has 33 heavy (non-hydrogen) atoms. The van der Waals surface area contributed by atoms with Crippen molar-refractivity contribution in [3.05, 3.63) is 53.4 Å². The SMILES string of the molecule is CC1(c2cc(NC(=O)c3cnc(C(F)F)cn3)ccc2F)N=C(N)COCC1(F)F.O=CO. The van der Waals surface area contributed by atoms with Gasteiger partial charge in [0.15, 0.2) is 5.54 Å². The van der Waals surface area contributed by atoms with E-state index in [-0.39, 0.29) is 30.3 Å². The van der Waals surface area contributed by atoms with Crippen LogP contribution < -0.4 is 11.1 Å². The Morgan fingerprint density at radius 1 is 1.30 bits per heavy atom. The number of hydrogen-bond acceptors (Lipinski definition) is 7. The Labute approximate surface area is 183 Å². The molecule has 1 atom stereocenters. The van der Waals surface area contributed by atoms with Crippen molar-refractivity contribution in [2.45, 2.75) is 24.8 Å². The molecule has 9 nitrogen and oxygen atoms in total. The minimum absolute atomic E-state index is 0.0490.